The molecule has 0 saturated carbocycles. The fraction of sp³-hybridized carbons (Fsp3) is 0.316. The molecule has 6 heteroatoms. The first kappa shape index (κ1) is 17.4. The number of nitrogens with one attached hydrogen (secondary N) is 3. The maximum Gasteiger partial charge on any atom is 0.166 e. The van der Waals surface area contributed by atoms with Crippen LogP contribution in [0.4, 0.5) is 0 Å². The van der Waals surface area contributed by atoms with Crippen molar-refractivity contribution >= 4 is 28.4 Å². The number of nitrogens with zero attached hydrogens (tertiary/aromatic N) is 2. The lowest BCUT2D eigenvalue weighted by atomic mass is 9.87. The molecule has 0 saturated heterocycles. The molecule has 0 fully saturated rings. The van der Waals surface area contributed by atoms with Crippen molar-refractivity contribution in [3.05, 3.63) is 59.2 Å². The molecule has 5 nitrogen and oxygen atoms in total. The molecule has 2 aromatic carbocycles. The number of thiocarbonyl (C=S) groups is 1. The standard InChI is InChI=1S/C19H23N5S/c1-19(2,3)15-7-4-13(5-8-15)11-20-18(25)21-12-14-6-9-16-17(10-14)23-24-22-16/h4-10H,11-12H2,1-3H3,(H2,20,21,25)(H,22,23,24). The second kappa shape index (κ2) is 7.19. The van der Waals surface area contributed by atoms with Gasteiger partial charge in [-0.25, -0.2) is 0 Å². The Bertz CT molecular complexity index is 861. The van der Waals surface area contributed by atoms with Gasteiger partial charge in [0.25, 0.3) is 0 Å². The molecular formula is C19H23N5S. The number of H-pyrrole nitrogens is 1. The average molecular weight is 353 g/mol. The van der Waals surface area contributed by atoms with Crippen molar-refractivity contribution in [2.24, 2.45) is 0 Å². The Morgan fingerprint density at radius 2 is 1.52 bits per heavy atom. The molecule has 0 radical (unpaired) electrons. The Labute approximate surface area is 153 Å². The van der Waals surface area contributed by atoms with Crippen molar-refractivity contribution in [2.75, 3.05) is 0 Å². The van der Waals surface area contributed by atoms with E-state index in [1.54, 1.807) is 0 Å². The van der Waals surface area contributed by atoms with E-state index in [-0.39, 0.29) is 5.41 Å². The topological polar surface area (TPSA) is 65.6 Å². The van der Waals surface area contributed by atoms with Crippen LogP contribution in [0.5, 0.6) is 0 Å². The van der Waals surface area contributed by atoms with Gasteiger partial charge in [-0.15, -0.1) is 0 Å². The Balaban J connectivity index is 1.49. The quantitative estimate of drug-likeness (QED) is 0.627. The van der Waals surface area contributed by atoms with Crippen molar-refractivity contribution in [2.45, 2.75) is 39.3 Å². The normalized spacial score (nSPS) is 11.5. The zero-order chi connectivity index (χ0) is 17.9. The molecule has 3 rings (SSSR count). The first-order valence-corrected chi connectivity index (χ1v) is 8.73. The first-order valence-electron chi connectivity index (χ1n) is 8.32. The van der Waals surface area contributed by atoms with Crippen LogP contribution in [0.15, 0.2) is 42.5 Å². The maximum atomic E-state index is 5.36. The van der Waals surface area contributed by atoms with Crippen LogP contribution in [0.3, 0.4) is 0 Å². The predicted octanol–water partition coefficient (Wildman–Crippen LogP) is 3.42. The third-order valence-electron chi connectivity index (χ3n) is 4.11. The summed E-state index contributed by atoms with van der Waals surface area (Å²) in [5.41, 5.74) is 5.55. The molecule has 0 amide bonds. The van der Waals surface area contributed by atoms with E-state index in [4.69, 9.17) is 12.2 Å². The highest BCUT2D eigenvalue weighted by atomic mass is 32.1. The largest absolute Gasteiger partial charge is 0.359 e. The number of aromatic amines is 1. The molecule has 0 aliphatic rings. The van der Waals surface area contributed by atoms with E-state index in [1.807, 2.05) is 18.2 Å². The number of hydrogen-bond donors (Lipinski definition) is 3. The fourth-order valence-corrected chi connectivity index (χ4v) is 2.69. The highest BCUT2D eigenvalue weighted by Gasteiger charge is 2.12. The van der Waals surface area contributed by atoms with Gasteiger partial charge in [0.05, 0.1) is 0 Å². The van der Waals surface area contributed by atoms with Crippen molar-refractivity contribution in [1.29, 1.82) is 0 Å². The molecule has 0 bridgehead atoms. The van der Waals surface area contributed by atoms with Crippen molar-refractivity contribution in [1.82, 2.24) is 26.0 Å². The van der Waals surface area contributed by atoms with E-state index >= 15 is 0 Å². The highest BCUT2D eigenvalue weighted by molar-refractivity contribution is 7.80. The number of hydrogen-bond acceptors (Lipinski definition) is 3. The Hall–Kier alpha value is -2.47. The molecule has 0 spiro atoms. The van der Waals surface area contributed by atoms with Gasteiger partial charge in [0.2, 0.25) is 0 Å². The van der Waals surface area contributed by atoms with Crippen LogP contribution in [0, 0.1) is 0 Å². The van der Waals surface area contributed by atoms with E-state index in [0.29, 0.717) is 18.2 Å². The van der Waals surface area contributed by atoms with Gasteiger partial charge < -0.3 is 10.6 Å². The van der Waals surface area contributed by atoms with Crippen LogP contribution in [-0.2, 0) is 18.5 Å². The Morgan fingerprint density at radius 1 is 0.920 bits per heavy atom. The smallest absolute Gasteiger partial charge is 0.166 e. The molecule has 3 aromatic rings. The molecule has 1 heterocycles. The summed E-state index contributed by atoms with van der Waals surface area (Å²) >= 11 is 5.36. The SMILES string of the molecule is CC(C)(C)c1ccc(CNC(=S)NCc2ccc3n[nH]nc3c2)cc1. The zero-order valence-corrected chi connectivity index (χ0v) is 15.6. The summed E-state index contributed by atoms with van der Waals surface area (Å²) in [5, 5.41) is 17.9. The summed E-state index contributed by atoms with van der Waals surface area (Å²) in [5.74, 6) is 0. The van der Waals surface area contributed by atoms with Gasteiger partial charge in [-0.05, 0) is 46.5 Å². The van der Waals surface area contributed by atoms with Crippen LogP contribution in [0.25, 0.3) is 11.0 Å². The molecule has 1 aromatic heterocycles. The highest BCUT2D eigenvalue weighted by Crippen LogP contribution is 2.22. The minimum atomic E-state index is 0.174. The molecule has 0 unspecified atom stereocenters. The number of benzene rings is 2. The van der Waals surface area contributed by atoms with E-state index < -0.39 is 0 Å². The number of rotatable bonds is 4. The van der Waals surface area contributed by atoms with Crippen molar-refractivity contribution in [3.63, 3.8) is 0 Å². The molecule has 0 atom stereocenters. The summed E-state index contributed by atoms with van der Waals surface area (Å²) in [7, 11) is 0. The lowest BCUT2D eigenvalue weighted by Gasteiger charge is -2.19. The predicted molar refractivity (Wildman–Crippen MR) is 105 cm³/mol. The van der Waals surface area contributed by atoms with Gasteiger partial charge in [-0.1, -0.05) is 51.1 Å². The summed E-state index contributed by atoms with van der Waals surface area (Å²) in [6.07, 6.45) is 0. The van der Waals surface area contributed by atoms with Crippen LogP contribution in [0.2, 0.25) is 0 Å². The minimum absolute atomic E-state index is 0.174. The van der Waals surface area contributed by atoms with E-state index in [0.717, 1.165) is 16.6 Å². The summed E-state index contributed by atoms with van der Waals surface area (Å²) < 4.78 is 0. The first-order chi connectivity index (χ1) is 11.9. The third kappa shape index (κ3) is 4.54. The summed E-state index contributed by atoms with van der Waals surface area (Å²) in [6.45, 7) is 8.01. The van der Waals surface area contributed by atoms with Crippen LogP contribution in [-0.4, -0.2) is 20.5 Å². The van der Waals surface area contributed by atoms with Gasteiger partial charge in [0.15, 0.2) is 5.11 Å². The minimum Gasteiger partial charge on any atom is -0.359 e. The van der Waals surface area contributed by atoms with Crippen LogP contribution >= 0.6 is 12.2 Å². The Morgan fingerprint density at radius 3 is 2.20 bits per heavy atom. The molecule has 25 heavy (non-hydrogen) atoms. The molecule has 0 aliphatic carbocycles. The van der Waals surface area contributed by atoms with E-state index in [9.17, 15) is 0 Å². The van der Waals surface area contributed by atoms with Crippen molar-refractivity contribution in [3.8, 4) is 0 Å². The second-order valence-corrected chi connectivity index (χ2v) is 7.54. The van der Waals surface area contributed by atoms with Gasteiger partial charge >= 0.3 is 0 Å². The van der Waals surface area contributed by atoms with Crippen LogP contribution < -0.4 is 10.6 Å². The second-order valence-electron chi connectivity index (χ2n) is 7.13. The summed E-state index contributed by atoms with van der Waals surface area (Å²) in [4.78, 5) is 0. The molecule has 130 valence electrons. The lowest BCUT2D eigenvalue weighted by molar-refractivity contribution is 0.590. The maximum absolute atomic E-state index is 5.36. The zero-order valence-electron chi connectivity index (χ0n) is 14.8. The molecule has 0 aliphatic heterocycles. The number of aromatic nitrogens is 3. The van der Waals surface area contributed by atoms with E-state index in [2.05, 4.69) is 71.1 Å². The summed E-state index contributed by atoms with van der Waals surface area (Å²) in [6, 6.07) is 14.6. The Kier molecular flexibility index (Phi) is 4.99. The van der Waals surface area contributed by atoms with Gasteiger partial charge in [-0.2, -0.15) is 15.4 Å². The van der Waals surface area contributed by atoms with E-state index in [1.165, 1.54) is 11.1 Å². The van der Waals surface area contributed by atoms with Gasteiger partial charge in [0.1, 0.15) is 11.0 Å². The molecule has 3 N–H and O–H groups in total. The lowest BCUT2D eigenvalue weighted by Crippen LogP contribution is -2.34. The average Bonchev–Trinajstić information content (AvgIpc) is 3.05. The van der Waals surface area contributed by atoms with Gasteiger partial charge in [-0.3, -0.25) is 0 Å². The third-order valence-corrected chi connectivity index (χ3v) is 4.40. The monoisotopic (exact) mass is 353 g/mol. The van der Waals surface area contributed by atoms with Crippen molar-refractivity contribution < 1.29 is 0 Å². The van der Waals surface area contributed by atoms with Gasteiger partial charge in [0, 0.05) is 13.1 Å². The fourth-order valence-electron chi connectivity index (χ4n) is 2.55. The molecular weight excluding hydrogens is 330 g/mol. The van der Waals surface area contributed by atoms with Crippen LogP contribution in [0.1, 0.15) is 37.5 Å². The number of fused-ring (bicyclic) bond motifs is 1.